The Bertz CT molecular complexity index is 987. The fourth-order valence-electron chi connectivity index (χ4n) is 5.46. The van der Waals surface area contributed by atoms with Crippen LogP contribution in [0.4, 0.5) is 0 Å². The number of Topliss-reactive ketones (excluding diaryl/α,β-unsaturated/α-hetero) is 1. The number of amides is 2. The number of alkyl halides is 2. The number of hydrogen-bond donors (Lipinski definition) is 0. The first-order valence-corrected chi connectivity index (χ1v) is 13.4. The zero-order valence-corrected chi connectivity index (χ0v) is 22.7. The number of benzene rings is 1. The average molecular weight is 624 g/mol. The molecule has 4 rings (SSSR count). The van der Waals surface area contributed by atoms with E-state index in [9.17, 15) is 19.2 Å². The van der Waals surface area contributed by atoms with Crippen LogP contribution in [-0.4, -0.2) is 50.8 Å². The molecule has 2 saturated carbocycles. The largest absolute Gasteiger partial charge is 0.456 e. The van der Waals surface area contributed by atoms with Crippen LogP contribution >= 0.6 is 55.1 Å². The number of esters is 1. The molecular weight excluding hydrogens is 601 g/mol. The SMILES string of the molecule is CC(C)C[C@H](C(=O)OCC(=O)c1ccc(Cl)cc1Cl)N1C(=O)[C@@H]2[C@H]3C[C@@H]([C@H](Br)[C@H]3Br)[C@H]2C1=O. The Balaban J connectivity index is 1.51. The normalized spacial score (nSPS) is 31.3. The second kappa shape index (κ2) is 9.59. The standard InChI is InChI=1S/C23H23Br2Cl2NO5/c1-9(2)5-15(23(32)33-8-16(29)11-4-3-10(26)6-14(11)27)28-21(30)17-12-7-13(18(17)22(28)31)20(25)19(12)24/h3-4,6,9,12-13,15,17-20H,5,7-8H2,1-2H3/t12-,13-,15-,17-,18-,19+,20+/m1/s1. The molecule has 2 aliphatic carbocycles. The van der Waals surface area contributed by atoms with Crippen molar-refractivity contribution in [1.82, 2.24) is 4.90 Å². The van der Waals surface area contributed by atoms with Crippen molar-refractivity contribution in [3.8, 4) is 0 Å². The van der Waals surface area contributed by atoms with Crippen LogP contribution < -0.4 is 0 Å². The van der Waals surface area contributed by atoms with Gasteiger partial charge < -0.3 is 4.74 Å². The topological polar surface area (TPSA) is 80.8 Å². The Labute approximate surface area is 218 Å². The van der Waals surface area contributed by atoms with E-state index in [0.717, 1.165) is 11.3 Å². The summed E-state index contributed by atoms with van der Waals surface area (Å²) < 4.78 is 5.30. The number of carbonyl (C=O) groups excluding carboxylic acids is 4. The molecular formula is C23H23Br2Cl2NO5. The molecule has 0 N–H and O–H groups in total. The van der Waals surface area contributed by atoms with E-state index in [-0.39, 0.29) is 56.2 Å². The number of ketones is 1. The Morgan fingerprint density at radius 2 is 1.67 bits per heavy atom. The van der Waals surface area contributed by atoms with Crippen molar-refractivity contribution < 1.29 is 23.9 Å². The van der Waals surface area contributed by atoms with Gasteiger partial charge in [-0.05, 0) is 48.8 Å². The number of hydrogen-bond acceptors (Lipinski definition) is 5. The Morgan fingerprint density at radius 3 is 2.18 bits per heavy atom. The quantitative estimate of drug-likeness (QED) is 0.187. The molecule has 1 aliphatic heterocycles. The zero-order chi connectivity index (χ0) is 24.2. The highest BCUT2D eigenvalue weighted by Crippen LogP contribution is 2.60. The van der Waals surface area contributed by atoms with Crippen molar-refractivity contribution in [2.75, 3.05) is 6.61 Å². The molecule has 3 aliphatic rings. The summed E-state index contributed by atoms with van der Waals surface area (Å²) in [4.78, 5) is 53.7. The van der Waals surface area contributed by atoms with Crippen LogP contribution in [0.3, 0.4) is 0 Å². The number of likely N-dealkylation sites (tertiary alicyclic amines) is 1. The fraction of sp³-hybridized carbons (Fsp3) is 0.565. The van der Waals surface area contributed by atoms with Gasteiger partial charge in [-0.2, -0.15) is 0 Å². The summed E-state index contributed by atoms with van der Waals surface area (Å²) in [6.45, 7) is 3.26. The lowest BCUT2D eigenvalue weighted by Crippen LogP contribution is -2.48. The second-order valence-electron chi connectivity index (χ2n) is 9.35. The minimum absolute atomic E-state index is 0.0228. The minimum atomic E-state index is -1.06. The molecule has 0 radical (unpaired) electrons. The van der Waals surface area contributed by atoms with Crippen LogP contribution in [0, 0.1) is 29.6 Å². The highest BCUT2D eigenvalue weighted by Gasteiger charge is 2.67. The molecule has 1 heterocycles. The maximum atomic E-state index is 13.4. The first kappa shape index (κ1) is 25.1. The summed E-state index contributed by atoms with van der Waals surface area (Å²) >= 11 is 19.3. The predicted octanol–water partition coefficient (Wildman–Crippen LogP) is 4.91. The van der Waals surface area contributed by atoms with E-state index in [4.69, 9.17) is 27.9 Å². The van der Waals surface area contributed by atoms with Gasteiger partial charge in [0.1, 0.15) is 6.04 Å². The monoisotopic (exact) mass is 621 g/mol. The van der Waals surface area contributed by atoms with E-state index in [1.165, 1.54) is 18.2 Å². The summed E-state index contributed by atoms with van der Waals surface area (Å²) in [6.07, 6.45) is 1.07. The van der Waals surface area contributed by atoms with Gasteiger partial charge in [-0.3, -0.25) is 19.3 Å². The average Bonchev–Trinajstić information content (AvgIpc) is 3.35. The summed E-state index contributed by atoms with van der Waals surface area (Å²) in [6, 6.07) is 3.35. The van der Waals surface area contributed by atoms with Gasteiger partial charge in [-0.1, -0.05) is 68.9 Å². The maximum Gasteiger partial charge on any atom is 0.329 e. The molecule has 2 bridgehead atoms. The third-order valence-electron chi connectivity index (χ3n) is 6.88. The lowest BCUT2D eigenvalue weighted by molar-refractivity contribution is -0.159. The molecule has 0 aromatic heterocycles. The van der Waals surface area contributed by atoms with Crippen LogP contribution in [0.2, 0.25) is 10.0 Å². The molecule has 1 aromatic carbocycles. The van der Waals surface area contributed by atoms with E-state index in [0.29, 0.717) is 5.02 Å². The lowest BCUT2D eigenvalue weighted by Gasteiger charge is -2.28. The van der Waals surface area contributed by atoms with Gasteiger partial charge in [0.15, 0.2) is 6.61 Å². The second-order valence-corrected chi connectivity index (χ2v) is 12.3. The Hall–Kier alpha value is -0.960. The van der Waals surface area contributed by atoms with Crippen molar-refractivity contribution in [3.63, 3.8) is 0 Å². The third kappa shape index (κ3) is 4.41. The molecule has 178 valence electrons. The van der Waals surface area contributed by atoms with Crippen molar-refractivity contribution in [3.05, 3.63) is 33.8 Å². The highest BCUT2D eigenvalue weighted by atomic mass is 79.9. The van der Waals surface area contributed by atoms with Crippen LogP contribution in [0.5, 0.6) is 0 Å². The van der Waals surface area contributed by atoms with Gasteiger partial charge in [0.2, 0.25) is 17.6 Å². The van der Waals surface area contributed by atoms with E-state index >= 15 is 0 Å². The molecule has 1 saturated heterocycles. The first-order valence-electron chi connectivity index (χ1n) is 10.8. The van der Waals surface area contributed by atoms with E-state index in [2.05, 4.69) is 31.9 Å². The molecule has 2 amide bonds. The molecule has 0 spiro atoms. The summed E-state index contributed by atoms with van der Waals surface area (Å²) in [5.74, 6) is -2.59. The van der Waals surface area contributed by atoms with Crippen LogP contribution in [0.25, 0.3) is 0 Å². The molecule has 3 fully saturated rings. The minimum Gasteiger partial charge on any atom is -0.456 e. The number of rotatable bonds is 7. The van der Waals surface area contributed by atoms with Gasteiger partial charge >= 0.3 is 5.97 Å². The van der Waals surface area contributed by atoms with Gasteiger partial charge in [0.05, 0.1) is 16.9 Å². The van der Waals surface area contributed by atoms with E-state index in [1.807, 2.05) is 13.8 Å². The van der Waals surface area contributed by atoms with Gasteiger partial charge in [-0.15, -0.1) is 0 Å². The molecule has 7 atom stereocenters. The first-order chi connectivity index (χ1) is 15.5. The third-order valence-corrected chi connectivity index (χ3v) is 10.6. The summed E-state index contributed by atoms with van der Waals surface area (Å²) in [7, 11) is 0. The summed E-state index contributed by atoms with van der Waals surface area (Å²) in [5.41, 5.74) is 0.181. The molecule has 0 unspecified atom stereocenters. The van der Waals surface area contributed by atoms with Crippen molar-refractivity contribution >= 4 is 78.6 Å². The number of nitrogens with zero attached hydrogens (tertiary/aromatic N) is 1. The van der Waals surface area contributed by atoms with Crippen LogP contribution in [-0.2, 0) is 19.1 Å². The Kier molecular flexibility index (Phi) is 7.31. The van der Waals surface area contributed by atoms with Crippen molar-refractivity contribution in [1.29, 1.82) is 0 Å². The van der Waals surface area contributed by atoms with Gasteiger partial charge in [0, 0.05) is 20.2 Å². The van der Waals surface area contributed by atoms with Crippen molar-refractivity contribution in [2.24, 2.45) is 29.6 Å². The fourth-order valence-corrected chi connectivity index (χ4v) is 7.85. The highest BCUT2D eigenvalue weighted by molar-refractivity contribution is 9.12. The van der Waals surface area contributed by atoms with Crippen molar-refractivity contribution in [2.45, 2.75) is 42.4 Å². The lowest BCUT2D eigenvalue weighted by atomic mass is 9.81. The van der Waals surface area contributed by atoms with E-state index < -0.39 is 36.2 Å². The number of imide groups is 1. The molecule has 33 heavy (non-hydrogen) atoms. The molecule has 10 heteroatoms. The number of halogens is 4. The zero-order valence-electron chi connectivity index (χ0n) is 18.0. The van der Waals surface area contributed by atoms with Gasteiger partial charge in [0.25, 0.3) is 0 Å². The number of ether oxygens (including phenoxy) is 1. The number of fused-ring (bicyclic) bond motifs is 5. The molecule has 1 aromatic rings. The molecule has 6 nitrogen and oxygen atoms in total. The predicted molar refractivity (Wildman–Crippen MR) is 131 cm³/mol. The van der Waals surface area contributed by atoms with Crippen LogP contribution in [0.1, 0.15) is 37.0 Å². The smallest absolute Gasteiger partial charge is 0.329 e. The maximum absolute atomic E-state index is 13.4. The number of carbonyl (C=O) groups is 4. The van der Waals surface area contributed by atoms with Crippen LogP contribution in [0.15, 0.2) is 18.2 Å². The van der Waals surface area contributed by atoms with Gasteiger partial charge in [-0.25, -0.2) is 4.79 Å². The van der Waals surface area contributed by atoms with E-state index in [1.54, 1.807) is 0 Å². The summed E-state index contributed by atoms with van der Waals surface area (Å²) in [5, 5.41) is 0.539. The Morgan fingerprint density at radius 1 is 1.09 bits per heavy atom.